The Morgan fingerprint density at radius 1 is 1.13 bits per heavy atom. The van der Waals surface area contributed by atoms with E-state index in [0.717, 1.165) is 10.8 Å². The Kier molecular flexibility index (Phi) is 6.10. The summed E-state index contributed by atoms with van der Waals surface area (Å²) in [6, 6.07) is 4.38. The van der Waals surface area contributed by atoms with Crippen LogP contribution in [0.4, 0.5) is 5.13 Å². The monoisotopic (exact) mass is 476 g/mol. The number of aryl methyl sites for hydroxylation is 3. The van der Waals surface area contributed by atoms with Gasteiger partial charge in [0.2, 0.25) is 0 Å². The summed E-state index contributed by atoms with van der Waals surface area (Å²) in [4.78, 5) is 6.24. The zero-order valence-corrected chi connectivity index (χ0v) is 20.8. The third kappa shape index (κ3) is 4.35. The van der Waals surface area contributed by atoms with Crippen LogP contribution in [0.15, 0.2) is 41.8 Å². The number of benzene rings is 1. The SMILES string of the molecule is Cc1cc(C)c(-c2csc(N3CCC(S(=O)(=O)C4C=CC=CC4(C)Cl)CC3)n2)c(C)c1. The maximum atomic E-state index is 13.3. The molecule has 2 unspecified atom stereocenters. The van der Waals surface area contributed by atoms with E-state index in [-0.39, 0.29) is 5.25 Å². The Balaban J connectivity index is 1.48. The Morgan fingerprint density at radius 3 is 2.39 bits per heavy atom. The molecule has 2 atom stereocenters. The highest BCUT2D eigenvalue weighted by Gasteiger charge is 2.44. The third-order valence-corrected chi connectivity index (χ3v) is 10.5. The van der Waals surface area contributed by atoms with Crippen LogP contribution in [-0.2, 0) is 9.84 Å². The molecule has 1 aliphatic carbocycles. The van der Waals surface area contributed by atoms with E-state index in [0.29, 0.717) is 25.9 Å². The number of hydrogen-bond donors (Lipinski definition) is 0. The molecule has 1 fully saturated rings. The average Bonchev–Trinajstić information content (AvgIpc) is 3.16. The average molecular weight is 477 g/mol. The fourth-order valence-electron chi connectivity index (χ4n) is 4.81. The zero-order chi connectivity index (χ0) is 22.4. The van der Waals surface area contributed by atoms with Gasteiger partial charge in [-0.1, -0.05) is 42.0 Å². The van der Waals surface area contributed by atoms with Crippen LogP contribution in [0.5, 0.6) is 0 Å². The molecule has 1 saturated heterocycles. The molecule has 31 heavy (non-hydrogen) atoms. The minimum Gasteiger partial charge on any atom is -0.348 e. The molecule has 0 amide bonds. The number of halogens is 1. The molecule has 4 nitrogen and oxygen atoms in total. The molecule has 2 aromatic rings. The standard InChI is InChI=1S/C24H29ClN2O2S2/c1-16-13-17(2)22(18(3)14-16)20-15-30-23(26-20)27-11-8-19(9-12-27)31(28,29)21-7-5-6-10-24(21,4)25/h5-7,10,13-15,19,21H,8-9,11-12H2,1-4H3. The highest BCUT2D eigenvalue weighted by Crippen LogP contribution is 2.37. The molecular formula is C24H29ClN2O2S2. The first kappa shape index (κ1) is 22.6. The molecule has 4 rings (SSSR count). The zero-order valence-electron chi connectivity index (χ0n) is 18.4. The maximum absolute atomic E-state index is 13.3. The lowest BCUT2D eigenvalue weighted by molar-refractivity contribution is 0.518. The van der Waals surface area contributed by atoms with Crippen molar-refractivity contribution in [2.45, 2.75) is 55.9 Å². The van der Waals surface area contributed by atoms with Crippen LogP contribution in [0.1, 0.15) is 36.5 Å². The van der Waals surface area contributed by atoms with Crippen molar-refractivity contribution in [2.24, 2.45) is 0 Å². The summed E-state index contributed by atoms with van der Waals surface area (Å²) in [5, 5.41) is 2.03. The van der Waals surface area contributed by atoms with Gasteiger partial charge in [-0.2, -0.15) is 0 Å². The number of alkyl halides is 1. The number of allylic oxidation sites excluding steroid dienone is 3. The van der Waals surface area contributed by atoms with Crippen LogP contribution >= 0.6 is 22.9 Å². The molecule has 1 aromatic carbocycles. The molecular weight excluding hydrogens is 448 g/mol. The van der Waals surface area contributed by atoms with E-state index in [9.17, 15) is 8.42 Å². The Hall–Kier alpha value is -1.63. The number of anilines is 1. The number of piperidine rings is 1. The largest absolute Gasteiger partial charge is 0.348 e. The summed E-state index contributed by atoms with van der Waals surface area (Å²) in [7, 11) is -3.37. The molecule has 7 heteroatoms. The van der Waals surface area contributed by atoms with Crippen LogP contribution in [0.2, 0.25) is 0 Å². The molecule has 1 aliphatic heterocycles. The molecule has 0 bridgehead atoms. The number of aromatic nitrogens is 1. The second-order valence-corrected chi connectivity index (χ2v) is 12.9. The molecule has 2 heterocycles. The number of hydrogen-bond acceptors (Lipinski definition) is 5. The van der Waals surface area contributed by atoms with Gasteiger partial charge in [-0.25, -0.2) is 13.4 Å². The second kappa shape index (κ2) is 8.38. The first-order valence-corrected chi connectivity index (χ1v) is 13.5. The molecule has 166 valence electrons. The smallest absolute Gasteiger partial charge is 0.185 e. The van der Waals surface area contributed by atoms with E-state index in [2.05, 4.69) is 43.2 Å². The van der Waals surface area contributed by atoms with Gasteiger partial charge in [0, 0.05) is 24.0 Å². The van der Waals surface area contributed by atoms with Gasteiger partial charge in [-0.3, -0.25) is 0 Å². The van der Waals surface area contributed by atoms with Gasteiger partial charge in [0.05, 0.1) is 15.8 Å². The van der Waals surface area contributed by atoms with Crippen molar-refractivity contribution < 1.29 is 8.42 Å². The second-order valence-electron chi connectivity index (χ2n) is 8.88. The lowest BCUT2D eigenvalue weighted by atomic mass is 9.98. The molecule has 2 aliphatic rings. The maximum Gasteiger partial charge on any atom is 0.185 e. The summed E-state index contributed by atoms with van der Waals surface area (Å²) in [6.45, 7) is 9.52. The Labute approximate surface area is 194 Å². The van der Waals surface area contributed by atoms with Crippen molar-refractivity contribution in [2.75, 3.05) is 18.0 Å². The van der Waals surface area contributed by atoms with E-state index in [1.54, 1.807) is 36.5 Å². The van der Waals surface area contributed by atoms with Crippen LogP contribution in [0.25, 0.3) is 11.3 Å². The minimum atomic E-state index is -3.37. The van der Waals surface area contributed by atoms with Gasteiger partial charge in [0.25, 0.3) is 0 Å². The topological polar surface area (TPSA) is 50.3 Å². The number of rotatable bonds is 4. The van der Waals surface area contributed by atoms with Gasteiger partial charge in [-0.15, -0.1) is 22.9 Å². The van der Waals surface area contributed by atoms with Crippen molar-refractivity contribution in [3.8, 4) is 11.3 Å². The lowest BCUT2D eigenvalue weighted by Crippen LogP contribution is -2.47. The number of thiazole rings is 1. The summed E-state index contributed by atoms with van der Waals surface area (Å²) in [5.74, 6) is 0. The van der Waals surface area contributed by atoms with Crippen molar-refractivity contribution in [3.05, 3.63) is 58.5 Å². The van der Waals surface area contributed by atoms with Gasteiger partial charge < -0.3 is 4.90 Å². The van der Waals surface area contributed by atoms with Gasteiger partial charge in [0.1, 0.15) is 5.25 Å². The summed E-state index contributed by atoms with van der Waals surface area (Å²) >= 11 is 8.16. The third-order valence-electron chi connectivity index (χ3n) is 6.33. The van der Waals surface area contributed by atoms with Crippen molar-refractivity contribution in [1.29, 1.82) is 0 Å². The first-order chi connectivity index (χ1) is 14.6. The fourth-order valence-corrected chi connectivity index (χ4v) is 8.52. The highest BCUT2D eigenvalue weighted by atomic mass is 35.5. The van der Waals surface area contributed by atoms with Crippen molar-refractivity contribution in [1.82, 2.24) is 4.98 Å². The van der Waals surface area contributed by atoms with E-state index >= 15 is 0 Å². The van der Waals surface area contributed by atoms with E-state index < -0.39 is 20.0 Å². The van der Waals surface area contributed by atoms with Crippen LogP contribution < -0.4 is 4.90 Å². The Morgan fingerprint density at radius 2 is 1.77 bits per heavy atom. The van der Waals surface area contributed by atoms with Crippen molar-refractivity contribution >= 4 is 37.9 Å². The predicted octanol–water partition coefficient (Wildman–Crippen LogP) is 5.61. The molecule has 0 N–H and O–H groups in total. The quantitative estimate of drug-likeness (QED) is 0.538. The van der Waals surface area contributed by atoms with Gasteiger partial charge >= 0.3 is 0 Å². The van der Waals surface area contributed by atoms with Crippen molar-refractivity contribution in [3.63, 3.8) is 0 Å². The Bertz CT molecular complexity index is 1120. The van der Waals surface area contributed by atoms with Crippen LogP contribution in [-0.4, -0.2) is 41.9 Å². The lowest BCUT2D eigenvalue weighted by Gasteiger charge is -2.36. The summed E-state index contributed by atoms with van der Waals surface area (Å²) < 4.78 is 26.6. The van der Waals surface area contributed by atoms with E-state index in [4.69, 9.17) is 16.6 Å². The molecule has 0 spiro atoms. The predicted molar refractivity (Wildman–Crippen MR) is 132 cm³/mol. The normalized spacial score (nSPS) is 24.7. The number of nitrogens with zero attached hydrogens (tertiary/aromatic N) is 2. The van der Waals surface area contributed by atoms with Gasteiger partial charge in [0.15, 0.2) is 15.0 Å². The fraction of sp³-hybridized carbons (Fsp3) is 0.458. The first-order valence-electron chi connectivity index (χ1n) is 10.7. The number of sulfone groups is 1. The highest BCUT2D eigenvalue weighted by molar-refractivity contribution is 7.93. The van der Waals surface area contributed by atoms with Crippen LogP contribution in [0, 0.1) is 20.8 Å². The van der Waals surface area contributed by atoms with Gasteiger partial charge in [-0.05, 0) is 51.7 Å². The van der Waals surface area contributed by atoms with E-state index in [1.807, 2.05) is 6.08 Å². The molecule has 1 aromatic heterocycles. The molecule has 0 saturated carbocycles. The summed E-state index contributed by atoms with van der Waals surface area (Å²) in [6.07, 6.45) is 8.31. The van der Waals surface area contributed by atoms with Crippen LogP contribution in [0.3, 0.4) is 0 Å². The molecule has 0 radical (unpaired) electrons. The van der Waals surface area contributed by atoms with E-state index in [1.165, 1.54) is 22.3 Å². The summed E-state index contributed by atoms with van der Waals surface area (Å²) in [5.41, 5.74) is 5.93. The minimum absolute atomic E-state index is 0.371.